The van der Waals surface area contributed by atoms with Gasteiger partial charge in [0.2, 0.25) is 10.0 Å². The molecule has 0 bridgehead atoms. The predicted molar refractivity (Wildman–Crippen MR) is 76.8 cm³/mol. The molecule has 1 aliphatic heterocycles. The molecule has 1 rings (SSSR count). The maximum atomic E-state index is 11.9. The van der Waals surface area contributed by atoms with Gasteiger partial charge in [0.25, 0.3) is 0 Å². The number of rotatable bonds is 9. The van der Waals surface area contributed by atoms with Gasteiger partial charge in [-0.1, -0.05) is 0 Å². The van der Waals surface area contributed by atoms with Gasteiger partial charge in [0.1, 0.15) is 0 Å². The van der Waals surface area contributed by atoms with E-state index in [4.69, 9.17) is 4.74 Å². The molecule has 1 fully saturated rings. The van der Waals surface area contributed by atoms with Gasteiger partial charge in [-0.15, -0.1) is 0 Å². The van der Waals surface area contributed by atoms with Gasteiger partial charge in [0.05, 0.1) is 5.25 Å². The third-order valence-electron chi connectivity index (χ3n) is 3.42. The highest BCUT2D eigenvalue weighted by Crippen LogP contribution is 2.04. The normalized spacial score (nSPS) is 19.5. The second-order valence-electron chi connectivity index (χ2n) is 4.98. The first kappa shape index (κ1) is 16.8. The molecule has 6 nitrogen and oxygen atoms in total. The third kappa shape index (κ3) is 6.67. The van der Waals surface area contributed by atoms with Gasteiger partial charge in [0, 0.05) is 46.4 Å². The van der Waals surface area contributed by atoms with E-state index >= 15 is 0 Å². The summed E-state index contributed by atoms with van der Waals surface area (Å²) in [5.41, 5.74) is 0. The number of ether oxygens (including phenoxy) is 1. The number of sulfonamides is 1. The van der Waals surface area contributed by atoms with Crippen molar-refractivity contribution in [3.8, 4) is 0 Å². The van der Waals surface area contributed by atoms with Gasteiger partial charge in [0.15, 0.2) is 0 Å². The molecule has 19 heavy (non-hydrogen) atoms. The summed E-state index contributed by atoms with van der Waals surface area (Å²) in [5, 5.41) is 2.90. The summed E-state index contributed by atoms with van der Waals surface area (Å²) in [4.78, 5) is 2.36. The molecule has 1 aliphatic rings. The largest absolute Gasteiger partial charge is 0.385 e. The molecule has 0 aromatic carbocycles. The molecule has 7 heteroatoms. The number of piperazine rings is 1. The fourth-order valence-corrected chi connectivity index (χ4v) is 3.15. The Kier molecular flexibility index (Phi) is 7.86. The third-order valence-corrected chi connectivity index (χ3v) is 5.32. The quantitative estimate of drug-likeness (QED) is 0.568. The molecule has 1 saturated heterocycles. The highest BCUT2D eigenvalue weighted by Gasteiger charge is 2.19. The van der Waals surface area contributed by atoms with E-state index in [-0.39, 0.29) is 0 Å². The van der Waals surface area contributed by atoms with Crippen molar-refractivity contribution in [2.45, 2.75) is 25.0 Å². The smallest absolute Gasteiger partial charge is 0.214 e. The molecule has 0 aliphatic carbocycles. The summed E-state index contributed by atoms with van der Waals surface area (Å²) in [7, 11) is -1.61. The van der Waals surface area contributed by atoms with Gasteiger partial charge in [-0.25, -0.2) is 13.1 Å². The van der Waals surface area contributed by atoms with Crippen LogP contribution >= 0.6 is 0 Å². The number of methoxy groups -OCH3 is 1. The topological polar surface area (TPSA) is 70.7 Å². The molecular formula is C12H27N3O3S. The van der Waals surface area contributed by atoms with Crippen molar-refractivity contribution in [2.24, 2.45) is 0 Å². The van der Waals surface area contributed by atoms with Crippen LogP contribution in [0.1, 0.15) is 19.8 Å². The van der Waals surface area contributed by atoms with Crippen LogP contribution in [0.3, 0.4) is 0 Å². The molecule has 0 saturated carbocycles. The fraction of sp³-hybridized carbons (Fsp3) is 1.00. The Hall–Kier alpha value is -0.210. The van der Waals surface area contributed by atoms with Crippen LogP contribution in [-0.4, -0.2) is 71.6 Å². The number of hydrogen-bond donors (Lipinski definition) is 2. The van der Waals surface area contributed by atoms with E-state index in [1.54, 1.807) is 14.0 Å². The summed E-state index contributed by atoms with van der Waals surface area (Å²) in [6.45, 7) is 7.83. The maximum absolute atomic E-state index is 11.9. The molecule has 0 aromatic rings. The van der Waals surface area contributed by atoms with Crippen LogP contribution in [0.25, 0.3) is 0 Å². The second-order valence-corrected chi connectivity index (χ2v) is 7.16. The standard InChI is InChI=1S/C12H27N3O3S/c1-12(4-11-18-2)19(16,17)14-5-3-8-15-9-6-13-7-10-15/h12-14H,3-11H2,1-2H3. The summed E-state index contributed by atoms with van der Waals surface area (Å²) in [6, 6.07) is 0. The molecule has 1 unspecified atom stereocenters. The van der Waals surface area contributed by atoms with Crippen LogP contribution in [0.15, 0.2) is 0 Å². The Morgan fingerprint density at radius 2 is 2.05 bits per heavy atom. The summed E-state index contributed by atoms with van der Waals surface area (Å²) >= 11 is 0. The minimum Gasteiger partial charge on any atom is -0.385 e. The van der Waals surface area contributed by atoms with Gasteiger partial charge >= 0.3 is 0 Å². The van der Waals surface area contributed by atoms with Crippen LogP contribution in [0.5, 0.6) is 0 Å². The van der Waals surface area contributed by atoms with Gasteiger partial charge < -0.3 is 15.0 Å². The molecule has 0 radical (unpaired) electrons. The van der Waals surface area contributed by atoms with Crippen molar-refractivity contribution in [1.29, 1.82) is 0 Å². The van der Waals surface area contributed by atoms with E-state index in [0.717, 1.165) is 39.1 Å². The zero-order valence-corrected chi connectivity index (χ0v) is 12.8. The highest BCUT2D eigenvalue weighted by molar-refractivity contribution is 7.90. The van der Waals surface area contributed by atoms with Crippen molar-refractivity contribution >= 4 is 10.0 Å². The van der Waals surface area contributed by atoms with E-state index in [1.807, 2.05) is 0 Å². The Balaban J connectivity index is 2.16. The lowest BCUT2D eigenvalue weighted by molar-refractivity contribution is 0.194. The summed E-state index contributed by atoms with van der Waals surface area (Å²) < 4.78 is 31.4. The molecule has 0 aromatic heterocycles. The summed E-state index contributed by atoms with van der Waals surface area (Å²) in [5.74, 6) is 0. The fourth-order valence-electron chi connectivity index (χ4n) is 2.03. The van der Waals surface area contributed by atoms with E-state index in [9.17, 15) is 8.42 Å². The monoisotopic (exact) mass is 293 g/mol. The maximum Gasteiger partial charge on any atom is 0.214 e. The molecule has 114 valence electrons. The Morgan fingerprint density at radius 3 is 2.68 bits per heavy atom. The number of nitrogens with zero attached hydrogens (tertiary/aromatic N) is 1. The first-order chi connectivity index (χ1) is 9.06. The van der Waals surface area contributed by atoms with Crippen molar-refractivity contribution in [3.63, 3.8) is 0 Å². The lowest BCUT2D eigenvalue weighted by Crippen LogP contribution is -2.44. The highest BCUT2D eigenvalue weighted by atomic mass is 32.2. The molecule has 0 amide bonds. The van der Waals surface area contributed by atoms with Crippen molar-refractivity contribution in [1.82, 2.24) is 14.9 Å². The van der Waals surface area contributed by atoms with Crippen LogP contribution in [0.2, 0.25) is 0 Å². The van der Waals surface area contributed by atoms with E-state index < -0.39 is 15.3 Å². The molecule has 1 atom stereocenters. The van der Waals surface area contributed by atoms with Crippen LogP contribution in [0, 0.1) is 0 Å². The summed E-state index contributed by atoms with van der Waals surface area (Å²) in [6.07, 6.45) is 1.39. The Labute approximate surface area is 116 Å². The van der Waals surface area contributed by atoms with Gasteiger partial charge in [-0.3, -0.25) is 0 Å². The SMILES string of the molecule is COCCC(C)S(=O)(=O)NCCCN1CCNCC1. The van der Waals surface area contributed by atoms with E-state index in [0.29, 0.717) is 19.6 Å². The average Bonchev–Trinajstić information content (AvgIpc) is 2.42. The van der Waals surface area contributed by atoms with Crippen molar-refractivity contribution in [3.05, 3.63) is 0 Å². The molecule has 2 N–H and O–H groups in total. The first-order valence-corrected chi connectivity index (χ1v) is 8.51. The Bertz CT molecular complexity index is 329. The average molecular weight is 293 g/mol. The van der Waals surface area contributed by atoms with Crippen LogP contribution in [-0.2, 0) is 14.8 Å². The molecule has 0 spiro atoms. The van der Waals surface area contributed by atoms with Crippen LogP contribution in [0.4, 0.5) is 0 Å². The zero-order chi connectivity index (χ0) is 14.1. The Morgan fingerprint density at radius 1 is 1.37 bits per heavy atom. The van der Waals surface area contributed by atoms with Gasteiger partial charge in [-0.05, 0) is 26.3 Å². The van der Waals surface area contributed by atoms with Crippen molar-refractivity contribution in [2.75, 3.05) is 53.0 Å². The van der Waals surface area contributed by atoms with Crippen LogP contribution < -0.4 is 10.0 Å². The molecular weight excluding hydrogens is 266 g/mol. The molecule has 1 heterocycles. The first-order valence-electron chi connectivity index (χ1n) is 6.97. The second kappa shape index (κ2) is 8.86. The minimum atomic E-state index is -3.20. The lowest BCUT2D eigenvalue weighted by atomic mass is 10.3. The van der Waals surface area contributed by atoms with Gasteiger partial charge in [-0.2, -0.15) is 0 Å². The van der Waals surface area contributed by atoms with E-state index in [2.05, 4.69) is 14.9 Å². The predicted octanol–water partition coefficient (Wildman–Crippen LogP) is -0.374. The van der Waals surface area contributed by atoms with E-state index in [1.165, 1.54) is 0 Å². The minimum absolute atomic E-state index is 0.397. The van der Waals surface area contributed by atoms with Crippen molar-refractivity contribution < 1.29 is 13.2 Å². The lowest BCUT2D eigenvalue weighted by Gasteiger charge is -2.27. The number of hydrogen-bond acceptors (Lipinski definition) is 5. The number of nitrogens with one attached hydrogen (secondary N) is 2. The zero-order valence-electron chi connectivity index (χ0n) is 12.0.